The Morgan fingerprint density at radius 1 is 1.00 bits per heavy atom. The first-order valence-electron chi connectivity index (χ1n) is 14.7. The van der Waals surface area contributed by atoms with Gasteiger partial charge in [-0.15, -0.1) is 0 Å². The van der Waals surface area contributed by atoms with Crippen LogP contribution in [0, 0.1) is 5.92 Å². The molecule has 0 amide bonds. The van der Waals surface area contributed by atoms with E-state index in [4.69, 9.17) is 14.2 Å². The molecule has 5 heteroatoms. The number of benzene rings is 3. The summed E-state index contributed by atoms with van der Waals surface area (Å²) >= 11 is 0. The number of ether oxygens (including phenoxy) is 3. The molecule has 4 aliphatic rings. The van der Waals surface area contributed by atoms with E-state index in [1.165, 1.54) is 11.1 Å². The first-order chi connectivity index (χ1) is 19.5. The van der Waals surface area contributed by atoms with Gasteiger partial charge >= 0.3 is 5.97 Å². The number of carbonyl (C=O) groups excluding carboxylic acids is 1. The molecule has 1 spiro atoms. The maximum Gasteiger partial charge on any atom is 0.321 e. The summed E-state index contributed by atoms with van der Waals surface area (Å²) in [5.41, 5.74) is 3.36. The van der Waals surface area contributed by atoms with E-state index in [2.05, 4.69) is 43.2 Å². The van der Waals surface area contributed by atoms with Gasteiger partial charge in [0.05, 0.1) is 6.61 Å². The van der Waals surface area contributed by atoms with E-state index in [-0.39, 0.29) is 17.5 Å². The van der Waals surface area contributed by atoms with Crippen molar-refractivity contribution in [3.63, 3.8) is 0 Å². The van der Waals surface area contributed by atoms with Gasteiger partial charge in [0.25, 0.3) is 0 Å². The van der Waals surface area contributed by atoms with Crippen molar-refractivity contribution >= 4 is 5.97 Å². The molecule has 1 fully saturated rings. The van der Waals surface area contributed by atoms with Crippen molar-refractivity contribution in [2.75, 3.05) is 20.2 Å². The summed E-state index contributed by atoms with van der Waals surface area (Å²) in [4.78, 5) is 17.0. The second kappa shape index (κ2) is 9.52. The molecule has 0 aromatic heterocycles. The number of likely N-dealkylation sites (N-methyl/N-ethyl adjacent to an activating group) is 1. The zero-order valence-corrected chi connectivity index (χ0v) is 23.5. The standard InChI is InChI=1S/C35H37NO4/c1-4-34(24-12-8-6-9-13-24,25-14-10-7-11-15-25)33(37)39-29-19-17-26-27-22-23-16-18-28(38-5-2)31-30(23)35(26,32(29)40-31)20-21-36(27)3/h6-19,26-27,29,32H,4-5,20-22H2,1-3H3/t26-,27+,29-,32-,35-/m0/s1. The average molecular weight is 536 g/mol. The number of piperidine rings is 1. The topological polar surface area (TPSA) is 48.0 Å². The molecule has 2 aliphatic heterocycles. The molecule has 206 valence electrons. The third-order valence-electron chi connectivity index (χ3n) is 10.1. The van der Waals surface area contributed by atoms with Crippen LogP contribution in [0.2, 0.25) is 0 Å². The van der Waals surface area contributed by atoms with Gasteiger partial charge in [0.2, 0.25) is 0 Å². The van der Waals surface area contributed by atoms with Crippen LogP contribution in [0.4, 0.5) is 0 Å². The molecule has 3 aromatic carbocycles. The van der Waals surface area contributed by atoms with Crippen molar-refractivity contribution < 1.29 is 19.0 Å². The van der Waals surface area contributed by atoms with Crippen LogP contribution in [0.1, 0.15) is 48.9 Å². The van der Waals surface area contributed by atoms with E-state index < -0.39 is 11.5 Å². The smallest absolute Gasteiger partial charge is 0.321 e. The van der Waals surface area contributed by atoms with Crippen LogP contribution in [0.5, 0.6) is 11.5 Å². The fourth-order valence-corrected chi connectivity index (χ4v) is 8.20. The fourth-order valence-electron chi connectivity index (χ4n) is 8.20. The number of likely N-dealkylation sites (tertiary alicyclic amines) is 1. The Labute approximate surface area is 236 Å². The first-order valence-corrected chi connectivity index (χ1v) is 14.7. The molecule has 1 saturated heterocycles. The van der Waals surface area contributed by atoms with Crippen LogP contribution in [0.3, 0.4) is 0 Å². The van der Waals surface area contributed by atoms with Gasteiger partial charge in [-0.05, 0) is 68.6 Å². The molecule has 5 atom stereocenters. The summed E-state index contributed by atoms with van der Waals surface area (Å²) in [6.07, 6.45) is 6.16. The van der Waals surface area contributed by atoms with Crippen molar-refractivity contribution in [2.45, 2.75) is 62.2 Å². The number of hydrogen-bond donors (Lipinski definition) is 0. The number of esters is 1. The molecule has 0 saturated carbocycles. The number of nitrogens with zero attached hydrogens (tertiary/aromatic N) is 1. The maximum atomic E-state index is 14.5. The Morgan fingerprint density at radius 3 is 2.35 bits per heavy atom. The lowest BCUT2D eigenvalue weighted by molar-refractivity contribution is -0.160. The Kier molecular flexibility index (Phi) is 6.04. The van der Waals surface area contributed by atoms with Crippen LogP contribution in [0.25, 0.3) is 0 Å². The Bertz CT molecular complexity index is 1410. The number of carbonyl (C=O) groups is 1. The molecular formula is C35H37NO4. The van der Waals surface area contributed by atoms with Gasteiger partial charge in [-0.3, -0.25) is 4.79 Å². The summed E-state index contributed by atoms with van der Waals surface area (Å²) in [6, 6.07) is 24.8. The molecule has 2 bridgehead atoms. The lowest BCUT2D eigenvalue weighted by atomic mass is 9.53. The SMILES string of the molecule is CCOc1ccc2c3c1O[C@H]1[C@@H](OC(=O)C(CC)(c4ccccc4)c4ccccc4)C=C[C@H]4[C@@H](C2)N(C)CC[C@@]341. The van der Waals surface area contributed by atoms with Crippen molar-refractivity contribution in [3.8, 4) is 11.5 Å². The van der Waals surface area contributed by atoms with Crippen LogP contribution >= 0.6 is 0 Å². The minimum Gasteiger partial charge on any atom is -0.490 e. The van der Waals surface area contributed by atoms with Gasteiger partial charge < -0.3 is 19.1 Å². The summed E-state index contributed by atoms with van der Waals surface area (Å²) in [5, 5.41) is 0. The molecule has 0 N–H and O–H groups in total. The highest BCUT2D eigenvalue weighted by Crippen LogP contribution is 2.63. The monoisotopic (exact) mass is 535 g/mol. The molecule has 3 aromatic rings. The summed E-state index contributed by atoms with van der Waals surface area (Å²) < 4.78 is 19.6. The lowest BCUT2D eigenvalue weighted by Crippen LogP contribution is -2.65. The predicted octanol–water partition coefficient (Wildman–Crippen LogP) is 5.84. The van der Waals surface area contributed by atoms with Gasteiger partial charge in [0.15, 0.2) is 17.6 Å². The molecule has 2 aliphatic carbocycles. The normalized spacial score (nSPS) is 28.0. The van der Waals surface area contributed by atoms with Gasteiger partial charge in [-0.25, -0.2) is 0 Å². The second-order valence-corrected chi connectivity index (χ2v) is 11.7. The van der Waals surface area contributed by atoms with Crippen LogP contribution in [-0.4, -0.2) is 49.3 Å². The van der Waals surface area contributed by atoms with E-state index in [9.17, 15) is 4.79 Å². The van der Waals surface area contributed by atoms with Crippen molar-refractivity contribution in [1.29, 1.82) is 0 Å². The minimum absolute atomic E-state index is 0.234. The average Bonchev–Trinajstić information content (AvgIpc) is 3.34. The van der Waals surface area contributed by atoms with E-state index in [1.807, 2.05) is 67.6 Å². The van der Waals surface area contributed by atoms with Gasteiger partial charge in [-0.2, -0.15) is 0 Å². The summed E-state index contributed by atoms with van der Waals surface area (Å²) in [6.45, 7) is 5.63. The highest BCUT2D eigenvalue weighted by Gasteiger charge is 2.65. The Hall–Kier alpha value is -3.57. The van der Waals surface area contributed by atoms with Crippen LogP contribution in [-0.2, 0) is 26.8 Å². The second-order valence-electron chi connectivity index (χ2n) is 11.7. The molecule has 2 heterocycles. The van der Waals surface area contributed by atoms with E-state index in [0.717, 1.165) is 42.0 Å². The zero-order valence-electron chi connectivity index (χ0n) is 23.5. The lowest BCUT2D eigenvalue weighted by Gasteiger charge is -2.56. The molecule has 0 radical (unpaired) electrons. The quantitative estimate of drug-likeness (QED) is 0.281. The zero-order chi connectivity index (χ0) is 27.5. The van der Waals surface area contributed by atoms with Crippen LogP contribution < -0.4 is 9.47 Å². The van der Waals surface area contributed by atoms with Crippen molar-refractivity contribution in [1.82, 2.24) is 4.90 Å². The third kappa shape index (κ3) is 3.40. The summed E-state index contributed by atoms with van der Waals surface area (Å²) in [5.74, 6) is 1.72. The predicted molar refractivity (Wildman–Crippen MR) is 155 cm³/mol. The van der Waals surface area contributed by atoms with Crippen molar-refractivity contribution in [3.05, 3.63) is 107 Å². The Morgan fingerprint density at radius 2 is 1.70 bits per heavy atom. The van der Waals surface area contributed by atoms with E-state index in [1.54, 1.807) is 0 Å². The largest absolute Gasteiger partial charge is 0.490 e. The minimum atomic E-state index is -0.917. The first kappa shape index (κ1) is 25.4. The highest BCUT2D eigenvalue weighted by atomic mass is 16.6. The molecule has 40 heavy (non-hydrogen) atoms. The van der Waals surface area contributed by atoms with Gasteiger partial charge in [-0.1, -0.05) is 79.7 Å². The molecular weight excluding hydrogens is 498 g/mol. The van der Waals surface area contributed by atoms with E-state index in [0.29, 0.717) is 25.0 Å². The summed E-state index contributed by atoms with van der Waals surface area (Å²) in [7, 11) is 2.23. The molecule has 0 unspecified atom stereocenters. The fraction of sp³-hybridized carbons (Fsp3) is 0.400. The Balaban J connectivity index is 1.32. The molecule has 7 rings (SSSR count). The highest BCUT2D eigenvalue weighted by molar-refractivity contribution is 5.88. The van der Waals surface area contributed by atoms with Crippen molar-refractivity contribution in [2.24, 2.45) is 5.92 Å². The number of hydrogen-bond acceptors (Lipinski definition) is 5. The van der Waals surface area contributed by atoms with E-state index >= 15 is 0 Å². The van der Waals surface area contributed by atoms with Crippen LogP contribution in [0.15, 0.2) is 84.9 Å². The maximum absolute atomic E-state index is 14.5. The van der Waals surface area contributed by atoms with Gasteiger partial charge in [0.1, 0.15) is 11.5 Å². The third-order valence-corrected chi connectivity index (χ3v) is 10.1. The van der Waals surface area contributed by atoms with Gasteiger partial charge in [0, 0.05) is 22.9 Å². The molecule has 5 nitrogen and oxygen atoms in total. The number of rotatable bonds is 7.